The zero-order valence-electron chi connectivity index (χ0n) is 11.5. The number of nitrogens with two attached hydrogens (primary N) is 1. The average molecular weight is 304 g/mol. The maximum atomic E-state index is 12.8. The fraction of sp³-hybridized carbons (Fsp3) is 0.615. The highest BCUT2D eigenvalue weighted by Crippen LogP contribution is 2.32. The van der Waals surface area contributed by atoms with Crippen LogP contribution in [0.4, 0.5) is 24.8 Å². The van der Waals surface area contributed by atoms with Crippen LogP contribution in [0, 0.1) is 5.92 Å². The van der Waals surface area contributed by atoms with E-state index in [0.29, 0.717) is 6.54 Å². The molecule has 5 nitrogen and oxygen atoms in total. The van der Waals surface area contributed by atoms with Gasteiger partial charge in [-0.1, -0.05) is 12.8 Å². The van der Waals surface area contributed by atoms with Crippen LogP contribution < -0.4 is 16.6 Å². The van der Waals surface area contributed by atoms with Gasteiger partial charge in [0.25, 0.3) is 0 Å². The summed E-state index contributed by atoms with van der Waals surface area (Å²) in [6, 6.07) is 1.79. The van der Waals surface area contributed by atoms with E-state index < -0.39 is 17.8 Å². The molecule has 118 valence electrons. The van der Waals surface area contributed by atoms with Crippen molar-refractivity contribution >= 4 is 11.6 Å². The average Bonchev–Trinajstić information content (AvgIpc) is 2.45. The first-order valence-electron chi connectivity index (χ1n) is 6.88. The lowest BCUT2D eigenvalue weighted by Gasteiger charge is -2.27. The molecule has 1 aromatic rings. The molecule has 8 heteroatoms. The van der Waals surface area contributed by atoms with Gasteiger partial charge in [0.15, 0.2) is 0 Å². The Morgan fingerprint density at radius 1 is 1.24 bits per heavy atom. The number of aliphatic hydroxyl groups excluding tert-OH is 1. The van der Waals surface area contributed by atoms with Gasteiger partial charge in [-0.2, -0.15) is 13.2 Å². The van der Waals surface area contributed by atoms with Gasteiger partial charge in [0.2, 0.25) is 0 Å². The van der Waals surface area contributed by atoms with Crippen molar-refractivity contribution in [1.82, 2.24) is 4.98 Å². The van der Waals surface area contributed by atoms with Gasteiger partial charge in [0, 0.05) is 12.5 Å². The largest absolute Gasteiger partial charge is 0.416 e. The van der Waals surface area contributed by atoms with Crippen LogP contribution >= 0.6 is 0 Å². The minimum atomic E-state index is -4.46. The fourth-order valence-electron chi connectivity index (χ4n) is 2.52. The summed E-state index contributed by atoms with van der Waals surface area (Å²) in [5, 5.41) is 12.7. The van der Waals surface area contributed by atoms with Crippen LogP contribution in [-0.2, 0) is 6.18 Å². The molecule has 1 fully saturated rings. The molecule has 21 heavy (non-hydrogen) atoms. The Hall–Kier alpha value is -1.54. The van der Waals surface area contributed by atoms with Crippen molar-refractivity contribution < 1.29 is 18.3 Å². The second-order valence-corrected chi connectivity index (χ2v) is 5.26. The molecule has 2 unspecified atom stereocenters. The van der Waals surface area contributed by atoms with Crippen molar-refractivity contribution in [1.29, 1.82) is 0 Å². The van der Waals surface area contributed by atoms with Crippen molar-refractivity contribution in [2.45, 2.75) is 38.0 Å². The molecule has 1 aliphatic rings. The van der Waals surface area contributed by atoms with E-state index in [1.807, 2.05) is 0 Å². The lowest BCUT2D eigenvalue weighted by molar-refractivity contribution is -0.137. The Bertz CT molecular complexity index is 481. The van der Waals surface area contributed by atoms with E-state index in [-0.39, 0.29) is 17.6 Å². The summed E-state index contributed by atoms with van der Waals surface area (Å²) in [6.45, 7) is 0.388. The molecule has 1 saturated carbocycles. The predicted molar refractivity (Wildman–Crippen MR) is 73.5 cm³/mol. The number of hydrazine groups is 1. The molecule has 2 atom stereocenters. The molecule has 0 aromatic carbocycles. The van der Waals surface area contributed by atoms with Crippen LogP contribution in [0.5, 0.6) is 0 Å². The summed E-state index contributed by atoms with van der Waals surface area (Å²) in [6.07, 6.45) is -1.28. The summed E-state index contributed by atoms with van der Waals surface area (Å²) >= 11 is 0. The molecule has 1 aliphatic carbocycles. The molecule has 1 aromatic heterocycles. The molecule has 0 saturated heterocycles. The summed E-state index contributed by atoms with van der Waals surface area (Å²) in [5.41, 5.74) is 1.30. The van der Waals surface area contributed by atoms with Crippen LogP contribution in [0.2, 0.25) is 0 Å². The topological polar surface area (TPSA) is 83.2 Å². The Balaban J connectivity index is 2.08. The Morgan fingerprint density at radius 2 is 1.90 bits per heavy atom. The van der Waals surface area contributed by atoms with Crippen molar-refractivity contribution in [3.05, 3.63) is 17.7 Å². The first-order chi connectivity index (χ1) is 9.90. The smallest absolute Gasteiger partial charge is 0.393 e. The van der Waals surface area contributed by atoms with Crippen molar-refractivity contribution in [2.24, 2.45) is 11.8 Å². The summed E-state index contributed by atoms with van der Waals surface area (Å²) < 4.78 is 38.3. The highest BCUT2D eigenvalue weighted by atomic mass is 19.4. The van der Waals surface area contributed by atoms with E-state index in [0.717, 1.165) is 37.8 Å². The minimum absolute atomic E-state index is 0.0318. The molecule has 5 N–H and O–H groups in total. The molecule has 2 rings (SSSR count). The third-order valence-electron chi connectivity index (χ3n) is 3.71. The maximum absolute atomic E-state index is 12.8. The Morgan fingerprint density at radius 3 is 2.52 bits per heavy atom. The van der Waals surface area contributed by atoms with E-state index >= 15 is 0 Å². The number of nitrogens with zero attached hydrogens (tertiary/aromatic N) is 1. The number of hydrogen-bond donors (Lipinski definition) is 4. The number of aliphatic hydroxyl groups is 1. The van der Waals surface area contributed by atoms with Crippen LogP contribution in [0.3, 0.4) is 0 Å². The summed E-state index contributed by atoms with van der Waals surface area (Å²) in [4.78, 5) is 3.95. The SMILES string of the molecule is NNc1cc(C(F)(F)F)cc(NCC2CCCCC2O)n1. The normalized spacial score (nSPS) is 22.9. The number of hydrogen-bond acceptors (Lipinski definition) is 5. The van der Waals surface area contributed by atoms with Gasteiger partial charge in [-0.3, -0.25) is 0 Å². The van der Waals surface area contributed by atoms with Gasteiger partial charge in [-0.05, 0) is 25.0 Å². The maximum Gasteiger partial charge on any atom is 0.416 e. The lowest BCUT2D eigenvalue weighted by atomic mass is 9.86. The number of nitrogen functional groups attached to an aromatic ring is 1. The van der Waals surface area contributed by atoms with Crippen LogP contribution in [0.15, 0.2) is 12.1 Å². The second-order valence-electron chi connectivity index (χ2n) is 5.26. The van der Waals surface area contributed by atoms with Crippen LogP contribution in [0.25, 0.3) is 0 Å². The molecule has 0 amide bonds. The standard InChI is InChI=1S/C13H19F3N4O/c14-13(15,16)9-5-11(19-12(6-9)20-17)18-7-8-3-1-2-4-10(8)21/h5-6,8,10,21H,1-4,7,17H2,(H2,18,19,20). The zero-order chi connectivity index (χ0) is 15.5. The quantitative estimate of drug-likeness (QED) is 0.507. The van der Waals surface area contributed by atoms with Gasteiger partial charge >= 0.3 is 6.18 Å². The molecular weight excluding hydrogens is 285 g/mol. The first kappa shape index (κ1) is 15.8. The van der Waals surface area contributed by atoms with Gasteiger partial charge in [0.05, 0.1) is 11.7 Å². The molecular formula is C13H19F3N4O. The van der Waals surface area contributed by atoms with Crippen molar-refractivity contribution in [3.8, 4) is 0 Å². The van der Waals surface area contributed by atoms with E-state index in [9.17, 15) is 18.3 Å². The van der Waals surface area contributed by atoms with Gasteiger partial charge in [-0.15, -0.1) is 0 Å². The molecule has 0 spiro atoms. The second kappa shape index (κ2) is 6.48. The highest BCUT2D eigenvalue weighted by Gasteiger charge is 2.32. The fourth-order valence-corrected chi connectivity index (χ4v) is 2.52. The Kier molecular flexibility index (Phi) is 4.89. The number of nitrogens with one attached hydrogen (secondary N) is 2. The highest BCUT2D eigenvalue weighted by molar-refractivity contribution is 5.49. The lowest BCUT2D eigenvalue weighted by Crippen LogP contribution is -2.30. The van der Waals surface area contributed by atoms with Crippen molar-refractivity contribution in [3.63, 3.8) is 0 Å². The first-order valence-corrected chi connectivity index (χ1v) is 6.88. The monoisotopic (exact) mass is 304 g/mol. The molecule has 0 radical (unpaired) electrons. The number of anilines is 2. The number of halogens is 3. The van der Waals surface area contributed by atoms with Gasteiger partial charge in [0.1, 0.15) is 11.6 Å². The third kappa shape index (κ3) is 4.21. The van der Waals surface area contributed by atoms with Crippen molar-refractivity contribution in [2.75, 3.05) is 17.3 Å². The minimum Gasteiger partial charge on any atom is -0.393 e. The van der Waals surface area contributed by atoms with E-state index in [4.69, 9.17) is 5.84 Å². The van der Waals surface area contributed by atoms with Gasteiger partial charge in [-0.25, -0.2) is 10.8 Å². The summed E-state index contributed by atoms with van der Waals surface area (Å²) in [5.74, 6) is 5.21. The third-order valence-corrected chi connectivity index (χ3v) is 3.71. The predicted octanol–water partition coefficient (Wildman–Crippen LogP) is 2.35. The number of aromatic nitrogens is 1. The van der Waals surface area contributed by atoms with E-state index in [2.05, 4.69) is 15.7 Å². The number of pyridine rings is 1. The molecule has 0 aliphatic heterocycles. The number of alkyl halides is 3. The Labute approximate surface area is 120 Å². The summed E-state index contributed by atoms with van der Waals surface area (Å²) in [7, 11) is 0. The molecule has 0 bridgehead atoms. The van der Waals surface area contributed by atoms with Crippen LogP contribution in [0.1, 0.15) is 31.2 Å². The van der Waals surface area contributed by atoms with E-state index in [1.54, 1.807) is 0 Å². The molecule has 1 heterocycles. The van der Waals surface area contributed by atoms with Crippen LogP contribution in [-0.4, -0.2) is 22.7 Å². The van der Waals surface area contributed by atoms with Gasteiger partial charge < -0.3 is 15.8 Å². The number of rotatable bonds is 4. The zero-order valence-corrected chi connectivity index (χ0v) is 11.5. The van der Waals surface area contributed by atoms with E-state index in [1.165, 1.54) is 0 Å².